The molecule has 4 N–H and O–H groups in total. The lowest BCUT2D eigenvalue weighted by Gasteiger charge is -2.03. The van der Waals surface area contributed by atoms with Crippen molar-refractivity contribution in [3.63, 3.8) is 0 Å². The second kappa shape index (κ2) is 28.4. The fourth-order valence-corrected chi connectivity index (χ4v) is 3.52. The SMILES string of the molecule is CCC(O)CN.CCCCCCCCCCCCCCCCCCCCCC(=O)O. The number of carboxylic acid groups (broad SMARTS) is 1. The molecule has 182 valence electrons. The lowest BCUT2D eigenvalue weighted by atomic mass is 10.0. The molecule has 0 aliphatic heterocycles. The number of hydrogen-bond acceptors (Lipinski definition) is 3. The zero-order valence-electron chi connectivity index (χ0n) is 20.5. The Hall–Kier alpha value is -0.610. The van der Waals surface area contributed by atoms with Crippen molar-refractivity contribution in [2.24, 2.45) is 5.73 Å². The summed E-state index contributed by atoms with van der Waals surface area (Å²) in [6, 6.07) is 0. The van der Waals surface area contributed by atoms with Gasteiger partial charge in [-0.2, -0.15) is 0 Å². The van der Waals surface area contributed by atoms with E-state index in [-0.39, 0.29) is 6.10 Å². The zero-order chi connectivity index (χ0) is 22.7. The van der Waals surface area contributed by atoms with Crippen LogP contribution in [-0.2, 0) is 4.79 Å². The van der Waals surface area contributed by atoms with Crippen molar-refractivity contribution in [1.29, 1.82) is 0 Å². The third-order valence-corrected chi connectivity index (χ3v) is 5.74. The van der Waals surface area contributed by atoms with E-state index in [0.717, 1.165) is 19.3 Å². The Morgan fingerprint density at radius 1 is 0.633 bits per heavy atom. The Morgan fingerprint density at radius 2 is 0.933 bits per heavy atom. The molecule has 0 spiro atoms. The van der Waals surface area contributed by atoms with Crippen LogP contribution in [0.1, 0.15) is 149 Å². The van der Waals surface area contributed by atoms with Crippen LogP contribution in [0.25, 0.3) is 0 Å². The van der Waals surface area contributed by atoms with E-state index in [2.05, 4.69) is 6.92 Å². The number of nitrogens with two attached hydrogens (primary N) is 1. The molecular weight excluding hydrogens is 374 g/mol. The Kier molecular flexibility index (Phi) is 29.9. The van der Waals surface area contributed by atoms with Gasteiger partial charge in [-0.05, 0) is 12.8 Å². The average Bonchev–Trinajstić information content (AvgIpc) is 2.75. The predicted molar refractivity (Wildman–Crippen MR) is 131 cm³/mol. The first-order valence-electron chi connectivity index (χ1n) is 13.2. The number of carbonyl (C=O) groups is 1. The summed E-state index contributed by atoms with van der Waals surface area (Å²) >= 11 is 0. The summed E-state index contributed by atoms with van der Waals surface area (Å²) in [5, 5.41) is 17.1. The van der Waals surface area contributed by atoms with Crippen LogP contribution in [0.3, 0.4) is 0 Å². The summed E-state index contributed by atoms with van der Waals surface area (Å²) in [6.45, 7) is 4.57. The van der Waals surface area contributed by atoms with Crippen LogP contribution in [0.4, 0.5) is 0 Å². The van der Waals surface area contributed by atoms with Crippen LogP contribution in [0.2, 0.25) is 0 Å². The molecule has 30 heavy (non-hydrogen) atoms. The molecule has 0 aliphatic carbocycles. The zero-order valence-corrected chi connectivity index (χ0v) is 20.5. The monoisotopic (exact) mass is 429 g/mol. The van der Waals surface area contributed by atoms with Crippen LogP contribution in [0, 0.1) is 0 Å². The highest BCUT2D eigenvalue weighted by atomic mass is 16.4. The average molecular weight is 430 g/mol. The maximum absolute atomic E-state index is 10.4. The first-order chi connectivity index (χ1) is 14.6. The molecule has 0 aliphatic rings. The molecule has 0 amide bonds. The molecular formula is C26H55NO3. The molecule has 4 nitrogen and oxygen atoms in total. The van der Waals surface area contributed by atoms with Gasteiger partial charge < -0.3 is 15.9 Å². The van der Waals surface area contributed by atoms with E-state index in [9.17, 15) is 4.79 Å². The highest BCUT2D eigenvalue weighted by Gasteiger charge is 1.97. The molecule has 0 rings (SSSR count). The van der Waals surface area contributed by atoms with E-state index in [0.29, 0.717) is 13.0 Å². The first kappa shape index (κ1) is 31.6. The lowest BCUT2D eigenvalue weighted by Crippen LogP contribution is -2.17. The molecule has 0 heterocycles. The second-order valence-corrected chi connectivity index (χ2v) is 8.81. The summed E-state index contributed by atoms with van der Waals surface area (Å²) in [6.07, 6.45) is 26.6. The highest BCUT2D eigenvalue weighted by Crippen LogP contribution is 2.14. The molecule has 1 atom stereocenters. The van der Waals surface area contributed by atoms with Crippen molar-refractivity contribution in [2.45, 2.75) is 155 Å². The molecule has 0 bridgehead atoms. The van der Waals surface area contributed by atoms with Gasteiger partial charge in [0.2, 0.25) is 0 Å². The van der Waals surface area contributed by atoms with Crippen molar-refractivity contribution in [1.82, 2.24) is 0 Å². The molecule has 0 aromatic rings. The predicted octanol–water partition coefficient (Wildman–Crippen LogP) is 7.61. The number of aliphatic carboxylic acids is 1. The van der Waals surface area contributed by atoms with Crippen LogP contribution >= 0.6 is 0 Å². The summed E-state index contributed by atoms with van der Waals surface area (Å²) in [5.41, 5.74) is 5.03. The van der Waals surface area contributed by atoms with Gasteiger partial charge >= 0.3 is 5.97 Å². The van der Waals surface area contributed by atoms with E-state index in [1.807, 2.05) is 6.92 Å². The van der Waals surface area contributed by atoms with Crippen molar-refractivity contribution in [3.8, 4) is 0 Å². The fourth-order valence-electron chi connectivity index (χ4n) is 3.52. The molecule has 0 saturated heterocycles. The topological polar surface area (TPSA) is 83.5 Å². The molecule has 0 saturated carbocycles. The maximum Gasteiger partial charge on any atom is 0.303 e. The summed E-state index contributed by atoms with van der Waals surface area (Å²) in [7, 11) is 0. The number of aliphatic hydroxyl groups excluding tert-OH is 1. The van der Waals surface area contributed by atoms with Gasteiger partial charge in [-0.15, -0.1) is 0 Å². The summed E-state index contributed by atoms with van der Waals surface area (Å²) in [4.78, 5) is 10.4. The summed E-state index contributed by atoms with van der Waals surface area (Å²) in [5.74, 6) is -0.651. The van der Waals surface area contributed by atoms with Crippen molar-refractivity contribution in [3.05, 3.63) is 0 Å². The largest absolute Gasteiger partial charge is 0.481 e. The lowest BCUT2D eigenvalue weighted by molar-refractivity contribution is -0.137. The van der Waals surface area contributed by atoms with Crippen molar-refractivity contribution >= 4 is 5.97 Å². The van der Waals surface area contributed by atoms with Gasteiger partial charge in [0.05, 0.1) is 6.10 Å². The third kappa shape index (κ3) is 32.1. The van der Waals surface area contributed by atoms with E-state index >= 15 is 0 Å². The maximum atomic E-state index is 10.4. The van der Waals surface area contributed by atoms with Gasteiger partial charge in [0.25, 0.3) is 0 Å². The Balaban J connectivity index is 0. The minimum absolute atomic E-state index is 0.287. The molecule has 0 radical (unpaired) electrons. The van der Waals surface area contributed by atoms with Gasteiger partial charge in [-0.25, -0.2) is 0 Å². The van der Waals surface area contributed by atoms with E-state index < -0.39 is 5.97 Å². The highest BCUT2D eigenvalue weighted by molar-refractivity contribution is 5.66. The van der Waals surface area contributed by atoms with Gasteiger partial charge in [0.15, 0.2) is 0 Å². The van der Waals surface area contributed by atoms with E-state index in [4.69, 9.17) is 15.9 Å². The minimum atomic E-state index is -0.651. The van der Waals surface area contributed by atoms with Gasteiger partial charge in [-0.1, -0.05) is 129 Å². The Bertz CT molecular complexity index is 319. The Labute approximate surface area is 188 Å². The van der Waals surface area contributed by atoms with Crippen LogP contribution in [0.5, 0.6) is 0 Å². The van der Waals surface area contributed by atoms with Crippen LogP contribution in [-0.4, -0.2) is 28.8 Å². The van der Waals surface area contributed by atoms with E-state index in [1.54, 1.807) is 0 Å². The number of rotatable bonds is 22. The van der Waals surface area contributed by atoms with Crippen LogP contribution in [0.15, 0.2) is 0 Å². The first-order valence-corrected chi connectivity index (χ1v) is 13.2. The van der Waals surface area contributed by atoms with Gasteiger partial charge in [0.1, 0.15) is 0 Å². The normalized spacial score (nSPS) is 11.7. The molecule has 1 unspecified atom stereocenters. The van der Waals surface area contributed by atoms with E-state index in [1.165, 1.54) is 109 Å². The van der Waals surface area contributed by atoms with Crippen LogP contribution < -0.4 is 5.73 Å². The molecule has 4 heteroatoms. The minimum Gasteiger partial charge on any atom is -0.481 e. The fraction of sp³-hybridized carbons (Fsp3) is 0.962. The third-order valence-electron chi connectivity index (χ3n) is 5.74. The van der Waals surface area contributed by atoms with Crippen molar-refractivity contribution < 1.29 is 15.0 Å². The second-order valence-electron chi connectivity index (χ2n) is 8.81. The summed E-state index contributed by atoms with van der Waals surface area (Å²) < 4.78 is 0. The van der Waals surface area contributed by atoms with Crippen molar-refractivity contribution in [2.75, 3.05) is 6.54 Å². The van der Waals surface area contributed by atoms with Gasteiger partial charge in [0, 0.05) is 13.0 Å². The smallest absolute Gasteiger partial charge is 0.303 e. The number of carboxylic acids is 1. The number of unbranched alkanes of at least 4 members (excludes halogenated alkanes) is 18. The quantitative estimate of drug-likeness (QED) is 0.155. The Morgan fingerprint density at radius 3 is 1.13 bits per heavy atom. The van der Waals surface area contributed by atoms with Gasteiger partial charge in [-0.3, -0.25) is 4.79 Å². The molecule has 0 aromatic heterocycles. The molecule has 0 fully saturated rings. The molecule has 0 aromatic carbocycles. The standard InChI is InChI=1S/C22H44O2.C4H11NO/c1-2-3-4-5-6-7-8-9-10-11-12-13-14-15-16-17-18-19-20-21-22(23)24;1-2-4(6)3-5/h2-21H2,1H3,(H,23,24);4,6H,2-3,5H2,1H3. The number of hydrogen-bond donors (Lipinski definition) is 3. The number of aliphatic hydroxyl groups is 1.